The highest BCUT2D eigenvalue weighted by Gasteiger charge is 2.38. The summed E-state index contributed by atoms with van der Waals surface area (Å²) in [6.07, 6.45) is 7.96. The summed E-state index contributed by atoms with van der Waals surface area (Å²) in [6, 6.07) is 13.5. The van der Waals surface area contributed by atoms with Crippen molar-refractivity contribution in [2.24, 2.45) is 11.8 Å². The molecule has 1 aromatic heterocycles. The van der Waals surface area contributed by atoms with Crippen molar-refractivity contribution in [2.75, 3.05) is 6.54 Å². The molecule has 44 heavy (non-hydrogen) atoms. The molecule has 0 radical (unpaired) electrons. The predicted molar refractivity (Wildman–Crippen MR) is 165 cm³/mol. The Morgan fingerprint density at radius 3 is 2.45 bits per heavy atom. The minimum Gasteiger partial charge on any atom is -0.351 e. The van der Waals surface area contributed by atoms with Crippen LogP contribution in [0, 0.1) is 23.2 Å². The van der Waals surface area contributed by atoms with Gasteiger partial charge in [-0.2, -0.15) is 5.26 Å². The van der Waals surface area contributed by atoms with Crippen molar-refractivity contribution in [2.45, 2.75) is 70.5 Å². The molecule has 2 fully saturated rings. The number of rotatable bonds is 10. The summed E-state index contributed by atoms with van der Waals surface area (Å²) in [6.45, 7) is 5.67. The highest BCUT2D eigenvalue weighted by Crippen LogP contribution is 2.28. The number of carbonyl (C=O) groups is 4. The lowest BCUT2D eigenvalue weighted by molar-refractivity contribution is -0.127. The summed E-state index contributed by atoms with van der Waals surface area (Å²) in [7, 11) is 0. The standard InChI is InChI=1S/C29H31N7O4.C4H8/c1-29(2)14-20(26(38)36-29)12-21(15-30)34-25(37)17-33-27(39)23(35-28(40)24-16-31-10-11-32-24)13-19-8-5-7-18-6-3-4-9-22(18)19;1-4-2-3-4/h3-11,16,20-21,23H,12-14,17H2,1-2H3,(H,33,39)(H,34,37)(H,35,40)(H,36,38);4H,2-3H2,1H3. The molecule has 1 aliphatic heterocycles. The first-order chi connectivity index (χ1) is 21.0. The fourth-order valence-electron chi connectivity index (χ4n) is 5.06. The number of fused-ring (bicyclic) bond motifs is 1. The van der Waals surface area contributed by atoms with E-state index in [9.17, 15) is 24.4 Å². The van der Waals surface area contributed by atoms with Gasteiger partial charge in [-0.05, 0) is 48.9 Å². The van der Waals surface area contributed by atoms with Crippen molar-refractivity contribution in [3.05, 3.63) is 72.3 Å². The Kier molecular flexibility index (Phi) is 10.6. The number of hydrogen-bond acceptors (Lipinski definition) is 7. The van der Waals surface area contributed by atoms with Gasteiger partial charge < -0.3 is 21.3 Å². The van der Waals surface area contributed by atoms with Crippen LogP contribution in [0.4, 0.5) is 0 Å². The SMILES string of the molecule is CC1(C)CC(CC(C#N)NC(=O)CNC(=O)C(Cc2cccc3ccccc23)NC(=O)c2cnccn2)C(=O)N1.CC1CC1. The van der Waals surface area contributed by atoms with Crippen molar-refractivity contribution < 1.29 is 19.2 Å². The Labute approximate surface area is 257 Å². The van der Waals surface area contributed by atoms with E-state index in [1.807, 2.05) is 62.4 Å². The van der Waals surface area contributed by atoms with E-state index in [0.717, 1.165) is 22.3 Å². The fourth-order valence-corrected chi connectivity index (χ4v) is 5.06. The van der Waals surface area contributed by atoms with E-state index in [-0.39, 0.29) is 30.0 Å². The van der Waals surface area contributed by atoms with Gasteiger partial charge in [-0.3, -0.25) is 24.2 Å². The van der Waals surface area contributed by atoms with Gasteiger partial charge in [0.05, 0.1) is 18.8 Å². The third-order valence-electron chi connectivity index (χ3n) is 7.61. The van der Waals surface area contributed by atoms with E-state index in [0.29, 0.717) is 6.42 Å². The predicted octanol–water partition coefficient (Wildman–Crippen LogP) is 2.82. The average Bonchev–Trinajstić information content (AvgIpc) is 3.75. The fraction of sp³-hybridized carbons (Fsp3) is 0.424. The van der Waals surface area contributed by atoms with Gasteiger partial charge in [-0.15, -0.1) is 0 Å². The number of nitriles is 1. The smallest absolute Gasteiger partial charge is 0.272 e. The molecule has 4 amide bonds. The summed E-state index contributed by atoms with van der Waals surface area (Å²) in [5, 5.41) is 22.2. The summed E-state index contributed by atoms with van der Waals surface area (Å²) >= 11 is 0. The molecule has 3 unspecified atom stereocenters. The number of aromatic nitrogens is 2. The maximum atomic E-state index is 13.2. The largest absolute Gasteiger partial charge is 0.351 e. The average molecular weight is 598 g/mol. The van der Waals surface area contributed by atoms with Gasteiger partial charge >= 0.3 is 0 Å². The second kappa shape index (κ2) is 14.6. The van der Waals surface area contributed by atoms with Crippen LogP contribution >= 0.6 is 0 Å². The van der Waals surface area contributed by atoms with E-state index in [4.69, 9.17) is 0 Å². The Bertz CT molecular complexity index is 1530. The summed E-state index contributed by atoms with van der Waals surface area (Å²) in [4.78, 5) is 58.8. The summed E-state index contributed by atoms with van der Waals surface area (Å²) < 4.78 is 0. The van der Waals surface area contributed by atoms with E-state index in [1.54, 1.807) is 0 Å². The van der Waals surface area contributed by atoms with Gasteiger partial charge in [0.25, 0.3) is 5.91 Å². The van der Waals surface area contributed by atoms with Crippen LogP contribution < -0.4 is 21.3 Å². The number of carbonyl (C=O) groups excluding carboxylic acids is 4. The van der Waals surface area contributed by atoms with Crippen LogP contribution in [0.15, 0.2) is 61.1 Å². The molecular weight excluding hydrogens is 558 g/mol. The highest BCUT2D eigenvalue weighted by atomic mass is 16.2. The Balaban J connectivity index is 0.00000102. The number of hydrogen-bond donors (Lipinski definition) is 4. The third kappa shape index (κ3) is 9.33. The van der Waals surface area contributed by atoms with E-state index in [1.165, 1.54) is 31.4 Å². The molecule has 11 heteroatoms. The molecule has 0 bridgehead atoms. The Morgan fingerprint density at radius 2 is 1.82 bits per heavy atom. The minimum atomic E-state index is -1.02. The first-order valence-corrected chi connectivity index (χ1v) is 14.9. The molecule has 4 N–H and O–H groups in total. The molecule has 2 aliphatic rings. The van der Waals surface area contributed by atoms with Gasteiger partial charge in [0.2, 0.25) is 17.7 Å². The third-order valence-corrected chi connectivity index (χ3v) is 7.61. The lowest BCUT2D eigenvalue weighted by Gasteiger charge is -2.20. The number of nitrogens with zero attached hydrogens (tertiary/aromatic N) is 3. The van der Waals surface area contributed by atoms with Gasteiger partial charge in [0.1, 0.15) is 17.8 Å². The van der Waals surface area contributed by atoms with Crippen molar-refractivity contribution in [1.29, 1.82) is 5.26 Å². The minimum absolute atomic E-state index is 0.0481. The molecule has 3 atom stereocenters. The van der Waals surface area contributed by atoms with Gasteiger partial charge in [0.15, 0.2) is 0 Å². The molecule has 1 aliphatic carbocycles. The van der Waals surface area contributed by atoms with Crippen LogP contribution in [0.5, 0.6) is 0 Å². The Morgan fingerprint density at radius 1 is 1.09 bits per heavy atom. The molecule has 2 aromatic carbocycles. The summed E-state index contributed by atoms with van der Waals surface area (Å²) in [5.41, 5.74) is 0.519. The van der Waals surface area contributed by atoms with Crippen LogP contribution in [-0.2, 0) is 20.8 Å². The second-order valence-corrected chi connectivity index (χ2v) is 12.1. The number of amides is 4. The molecule has 5 rings (SSSR count). The van der Waals surface area contributed by atoms with Crippen molar-refractivity contribution >= 4 is 34.4 Å². The van der Waals surface area contributed by atoms with Crippen LogP contribution in [0.1, 0.15) is 62.5 Å². The lowest BCUT2D eigenvalue weighted by atomic mass is 9.92. The van der Waals surface area contributed by atoms with E-state index < -0.39 is 42.3 Å². The van der Waals surface area contributed by atoms with Gasteiger partial charge in [0, 0.05) is 30.3 Å². The molecule has 230 valence electrons. The molecule has 0 spiro atoms. The molecule has 2 heterocycles. The van der Waals surface area contributed by atoms with Crippen molar-refractivity contribution in [1.82, 2.24) is 31.2 Å². The maximum Gasteiger partial charge on any atom is 0.272 e. The highest BCUT2D eigenvalue weighted by molar-refractivity contribution is 5.97. The van der Waals surface area contributed by atoms with E-state index in [2.05, 4.69) is 38.2 Å². The lowest BCUT2D eigenvalue weighted by Crippen LogP contribution is -2.51. The monoisotopic (exact) mass is 597 g/mol. The zero-order chi connectivity index (χ0) is 31.7. The quantitative estimate of drug-likeness (QED) is 0.279. The van der Waals surface area contributed by atoms with Crippen molar-refractivity contribution in [3.63, 3.8) is 0 Å². The molecular formula is C33H39N7O4. The Hall–Kier alpha value is -4.85. The number of benzene rings is 2. The second-order valence-electron chi connectivity index (χ2n) is 12.1. The zero-order valence-electron chi connectivity index (χ0n) is 25.3. The van der Waals surface area contributed by atoms with Crippen molar-refractivity contribution in [3.8, 4) is 6.07 Å². The summed E-state index contributed by atoms with van der Waals surface area (Å²) in [5.74, 6) is -1.20. The molecule has 11 nitrogen and oxygen atoms in total. The van der Waals surface area contributed by atoms with Gasteiger partial charge in [-0.25, -0.2) is 4.98 Å². The molecule has 1 saturated carbocycles. The zero-order valence-corrected chi connectivity index (χ0v) is 25.3. The maximum absolute atomic E-state index is 13.2. The van der Waals surface area contributed by atoms with Crippen LogP contribution in [0.3, 0.4) is 0 Å². The molecule has 1 saturated heterocycles. The molecule has 3 aromatic rings. The van der Waals surface area contributed by atoms with Crippen LogP contribution in [0.25, 0.3) is 10.8 Å². The first kappa shape index (κ1) is 32.1. The van der Waals surface area contributed by atoms with Crippen LogP contribution in [-0.4, -0.2) is 57.8 Å². The van der Waals surface area contributed by atoms with Crippen LogP contribution in [0.2, 0.25) is 0 Å². The number of nitrogens with one attached hydrogen (secondary N) is 4. The normalized spacial score (nSPS) is 18.0. The first-order valence-electron chi connectivity index (χ1n) is 14.9. The van der Waals surface area contributed by atoms with E-state index >= 15 is 0 Å². The van der Waals surface area contributed by atoms with Gasteiger partial charge in [-0.1, -0.05) is 62.2 Å². The topological polar surface area (TPSA) is 166 Å².